The van der Waals surface area contributed by atoms with Crippen LogP contribution in [0.4, 0.5) is 0 Å². The number of ketones is 1. The molecule has 0 saturated heterocycles. The van der Waals surface area contributed by atoms with Crippen LogP contribution in [0.3, 0.4) is 0 Å². The fourth-order valence-electron chi connectivity index (χ4n) is 10.4. The topological polar surface area (TPSA) is 77.4 Å². The Morgan fingerprint density at radius 2 is 1.59 bits per heavy atom. The summed E-state index contributed by atoms with van der Waals surface area (Å²) in [6.07, 6.45) is 9.69. The Morgan fingerprint density at radius 1 is 0.941 bits per heavy atom. The van der Waals surface area contributed by atoms with Gasteiger partial charge in [0.2, 0.25) is 0 Å². The van der Waals surface area contributed by atoms with E-state index >= 15 is 0 Å². The van der Waals surface area contributed by atoms with E-state index in [1.54, 1.807) is 0 Å². The van der Waals surface area contributed by atoms with Crippen molar-refractivity contribution < 1.29 is 19.8 Å². The highest BCUT2D eigenvalue weighted by Crippen LogP contribution is 2.75. The minimum absolute atomic E-state index is 0.0419. The highest BCUT2D eigenvalue weighted by Gasteiger charge is 2.70. The molecule has 0 aromatic heterocycles. The van der Waals surface area contributed by atoms with Crippen molar-refractivity contribution in [2.45, 2.75) is 112 Å². The van der Waals surface area contributed by atoms with Gasteiger partial charge in [0.15, 0.2) is 5.78 Å². The standard InChI is InChI=1S/C30H46O4/c1-25(2)21-8-11-30(7)23(28(21,5)10-9-22(25)32)20(31)16-18-19-17-27(4,24(33)34)13-12-26(19,3)14-15-29(18,30)6/h16,19,21-23,32H,8-15,17H2,1-7H3,(H,33,34)/p-1/t19?,21?,22-,23?,26-,27+,28+,29-,30-/m1/s1. The molecule has 1 N–H and O–H groups in total. The number of carboxylic acids is 1. The number of hydrogen-bond acceptors (Lipinski definition) is 4. The summed E-state index contributed by atoms with van der Waals surface area (Å²) in [6, 6.07) is 0. The van der Waals surface area contributed by atoms with Crippen LogP contribution in [0, 0.1) is 50.2 Å². The van der Waals surface area contributed by atoms with Gasteiger partial charge in [0, 0.05) is 17.3 Å². The maximum absolute atomic E-state index is 14.2. The van der Waals surface area contributed by atoms with Gasteiger partial charge in [-0.3, -0.25) is 4.79 Å². The van der Waals surface area contributed by atoms with E-state index in [2.05, 4.69) is 41.5 Å². The minimum Gasteiger partial charge on any atom is -0.550 e. The van der Waals surface area contributed by atoms with Crippen LogP contribution < -0.4 is 5.11 Å². The first-order valence-electron chi connectivity index (χ1n) is 13.7. The van der Waals surface area contributed by atoms with Crippen LogP contribution in [-0.4, -0.2) is 23.0 Å². The Labute approximate surface area is 206 Å². The lowest BCUT2D eigenvalue weighted by Gasteiger charge is -2.70. The van der Waals surface area contributed by atoms with E-state index in [1.165, 1.54) is 5.57 Å². The molecular formula is C30H45O4-. The van der Waals surface area contributed by atoms with E-state index in [0.29, 0.717) is 18.8 Å². The first-order chi connectivity index (χ1) is 15.6. The molecule has 34 heavy (non-hydrogen) atoms. The summed E-state index contributed by atoms with van der Waals surface area (Å²) < 4.78 is 0. The molecular weight excluding hydrogens is 424 g/mol. The first kappa shape index (κ1) is 24.5. The zero-order valence-corrected chi connectivity index (χ0v) is 22.4. The first-order valence-corrected chi connectivity index (χ1v) is 13.7. The van der Waals surface area contributed by atoms with Crippen molar-refractivity contribution in [3.05, 3.63) is 11.6 Å². The van der Waals surface area contributed by atoms with Gasteiger partial charge in [0.05, 0.1) is 6.10 Å². The monoisotopic (exact) mass is 469 g/mol. The summed E-state index contributed by atoms with van der Waals surface area (Å²) in [5.41, 5.74) is -0.0781. The van der Waals surface area contributed by atoms with Crippen molar-refractivity contribution in [3.63, 3.8) is 0 Å². The average Bonchev–Trinajstić information content (AvgIpc) is 2.73. The number of hydrogen-bond donors (Lipinski definition) is 1. The zero-order valence-electron chi connectivity index (χ0n) is 22.4. The van der Waals surface area contributed by atoms with Crippen molar-refractivity contribution in [2.24, 2.45) is 50.2 Å². The molecule has 0 aromatic carbocycles. The van der Waals surface area contributed by atoms with Crippen molar-refractivity contribution >= 4 is 11.8 Å². The highest BCUT2D eigenvalue weighted by molar-refractivity contribution is 5.95. The number of aliphatic carboxylic acids is 1. The second-order valence-corrected chi connectivity index (χ2v) is 14.9. The van der Waals surface area contributed by atoms with Crippen molar-refractivity contribution in [1.82, 2.24) is 0 Å². The van der Waals surface area contributed by atoms with Crippen molar-refractivity contribution in [1.29, 1.82) is 0 Å². The van der Waals surface area contributed by atoms with Gasteiger partial charge >= 0.3 is 0 Å². The van der Waals surface area contributed by atoms with Crippen molar-refractivity contribution in [2.75, 3.05) is 0 Å². The number of rotatable bonds is 1. The highest BCUT2D eigenvalue weighted by atomic mass is 16.4. The Bertz CT molecular complexity index is 965. The van der Waals surface area contributed by atoms with Gasteiger partial charge in [0.1, 0.15) is 0 Å². The van der Waals surface area contributed by atoms with Gasteiger partial charge in [0.25, 0.3) is 0 Å². The lowest BCUT2D eigenvalue weighted by atomic mass is 9.33. The number of carbonyl (C=O) groups excluding carboxylic acids is 2. The molecule has 0 amide bonds. The average molecular weight is 470 g/mol. The van der Waals surface area contributed by atoms with Crippen LogP contribution >= 0.6 is 0 Å². The van der Waals surface area contributed by atoms with Gasteiger partial charge in [-0.05, 0) is 103 Å². The quantitative estimate of drug-likeness (QED) is 0.581. The predicted molar refractivity (Wildman–Crippen MR) is 130 cm³/mol. The van der Waals surface area contributed by atoms with Crippen LogP contribution in [0.1, 0.15) is 106 Å². The van der Waals surface area contributed by atoms with E-state index in [4.69, 9.17) is 0 Å². The van der Waals surface area contributed by atoms with Gasteiger partial charge in [-0.2, -0.15) is 0 Å². The minimum atomic E-state index is -0.940. The smallest absolute Gasteiger partial charge is 0.159 e. The second kappa shape index (κ2) is 6.99. The van der Waals surface area contributed by atoms with E-state index < -0.39 is 11.4 Å². The third-order valence-corrected chi connectivity index (χ3v) is 13.0. The number of carboxylic acid groups (broad SMARTS) is 1. The van der Waals surface area contributed by atoms with E-state index in [-0.39, 0.29) is 50.8 Å². The molecule has 4 fully saturated rings. The fourth-order valence-corrected chi connectivity index (χ4v) is 10.4. The van der Waals surface area contributed by atoms with E-state index in [0.717, 1.165) is 44.9 Å². The molecule has 0 spiro atoms. The number of allylic oxidation sites excluding steroid dienone is 2. The zero-order chi connectivity index (χ0) is 25.1. The van der Waals surface area contributed by atoms with E-state index in [9.17, 15) is 19.8 Å². The molecule has 3 unspecified atom stereocenters. The molecule has 5 aliphatic rings. The SMILES string of the molecule is CC1(C)C2CC[C@]3(C)C(C(=O)C=C4C5C[C@@](C)(C(=O)[O-])CC[C@]5(C)CC[C@]43C)[C@@]2(C)CC[C@H]1O. The molecule has 0 aliphatic heterocycles. The Kier molecular flexibility index (Phi) is 5.04. The third kappa shape index (κ3) is 2.81. The molecule has 4 nitrogen and oxygen atoms in total. The lowest BCUT2D eigenvalue weighted by molar-refractivity contribution is -0.321. The van der Waals surface area contributed by atoms with Gasteiger partial charge in [-0.15, -0.1) is 0 Å². The summed E-state index contributed by atoms with van der Waals surface area (Å²) in [6.45, 7) is 15.7. The third-order valence-electron chi connectivity index (χ3n) is 13.0. The number of aliphatic hydroxyl groups is 1. The summed E-state index contributed by atoms with van der Waals surface area (Å²) in [7, 11) is 0. The summed E-state index contributed by atoms with van der Waals surface area (Å²) in [5, 5.41) is 23.0. The van der Waals surface area contributed by atoms with Gasteiger partial charge in [-0.25, -0.2) is 0 Å². The molecule has 0 radical (unpaired) electrons. The maximum atomic E-state index is 14.2. The maximum Gasteiger partial charge on any atom is 0.159 e. The molecule has 5 rings (SSSR count). The van der Waals surface area contributed by atoms with E-state index in [1.807, 2.05) is 13.0 Å². The molecule has 0 aromatic rings. The molecule has 4 saturated carbocycles. The number of fused-ring (bicyclic) bond motifs is 7. The Hall–Kier alpha value is -1.16. The summed E-state index contributed by atoms with van der Waals surface area (Å²) in [5.74, 6) is -0.266. The fraction of sp³-hybridized carbons (Fsp3) is 0.867. The molecule has 0 bridgehead atoms. The van der Waals surface area contributed by atoms with Crippen LogP contribution in [0.15, 0.2) is 11.6 Å². The van der Waals surface area contributed by atoms with Crippen LogP contribution in [0.25, 0.3) is 0 Å². The van der Waals surface area contributed by atoms with Crippen LogP contribution in [0.2, 0.25) is 0 Å². The van der Waals surface area contributed by atoms with Crippen LogP contribution in [0.5, 0.6) is 0 Å². The largest absolute Gasteiger partial charge is 0.550 e. The number of carbonyl (C=O) groups is 2. The molecule has 0 heterocycles. The molecule has 9 atom stereocenters. The van der Waals surface area contributed by atoms with Crippen molar-refractivity contribution in [3.8, 4) is 0 Å². The number of aliphatic hydroxyl groups excluding tert-OH is 1. The van der Waals surface area contributed by atoms with Crippen LogP contribution in [-0.2, 0) is 9.59 Å². The molecule has 5 aliphatic carbocycles. The summed E-state index contributed by atoms with van der Waals surface area (Å²) in [4.78, 5) is 26.3. The lowest BCUT2D eigenvalue weighted by Crippen LogP contribution is -2.66. The second-order valence-electron chi connectivity index (χ2n) is 14.9. The van der Waals surface area contributed by atoms with Gasteiger partial charge in [-0.1, -0.05) is 54.0 Å². The Balaban J connectivity index is 1.62. The predicted octanol–water partition coefficient (Wildman–Crippen LogP) is 5.08. The molecule has 190 valence electrons. The Morgan fingerprint density at radius 3 is 2.24 bits per heavy atom. The normalized spacial score (nSPS) is 54.1. The van der Waals surface area contributed by atoms with Gasteiger partial charge < -0.3 is 15.0 Å². The summed E-state index contributed by atoms with van der Waals surface area (Å²) >= 11 is 0. The molecule has 4 heteroatoms.